The lowest BCUT2D eigenvalue weighted by molar-refractivity contribution is -0.673. The van der Waals surface area contributed by atoms with Crippen molar-refractivity contribution in [2.45, 2.75) is 44.2 Å². The molecule has 0 spiro atoms. The number of hydrogen-bond acceptors (Lipinski definition) is 6. The Bertz CT molecular complexity index is 1010. The molecule has 0 fully saturated rings. The van der Waals surface area contributed by atoms with Gasteiger partial charge in [0.2, 0.25) is 10.5 Å². The maximum absolute atomic E-state index is 11.0. The highest BCUT2D eigenvalue weighted by molar-refractivity contribution is 7.85. The first kappa shape index (κ1) is 19.8. The molecule has 0 radical (unpaired) electrons. The highest BCUT2D eigenvalue weighted by atomic mass is 32.2. The molecule has 6 nitrogen and oxygen atoms in total. The van der Waals surface area contributed by atoms with Crippen LogP contribution in [0.5, 0.6) is 0 Å². The standard InChI is InChI=1S/C19H23N3O3S2/c1-3-15(20-21-16-8-10-17(11-9-16)27(23,24)25)12-13-22-14(2)26-19-7-5-4-6-18(19)22/h4-11,15,20-21H,3,12-13H2,1-2H3. The number of fused-ring (bicyclic) bond motifs is 1. The molecule has 8 heteroatoms. The monoisotopic (exact) mass is 405 g/mol. The van der Waals surface area contributed by atoms with Crippen LogP contribution in [0, 0.1) is 6.92 Å². The topological polar surface area (TPSA) is 85.1 Å². The van der Waals surface area contributed by atoms with Gasteiger partial charge in [-0.05, 0) is 36.8 Å². The second-order valence-electron chi connectivity index (χ2n) is 6.38. The third-order valence-electron chi connectivity index (χ3n) is 4.55. The van der Waals surface area contributed by atoms with Gasteiger partial charge in [0.15, 0.2) is 6.54 Å². The summed E-state index contributed by atoms with van der Waals surface area (Å²) in [6.45, 7) is 5.18. The van der Waals surface area contributed by atoms with E-state index in [2.05, 4.69) is 53.5 Å². The molecule has 0 amide bonds. The lowest BCUT2D eigenvalue weighted by Crippen LogP contribution is -2.41. The maximum atomic E-state index is 11.0. The molecule has 0 aliphatic rings. The fourth-order valence-corrected chi connectivity index (χ4v) is 4.50. The average Bonchev–Trinajstić information content (AvgIpc) is 2.97. The fourth-order valence-electron chi connectivity index (χ4n) is 2.98. The van der Waals surface area contributed by atoms with Crippen LogP contribution in [0.3, 0.4) is 0 Å². The van der Waals surface area contributed by atoms with Crippen LogP contribution in [0.15, 0.2) is 53.4 Å². The van der Waals surface area contributed by atoms with Crippen molar-refractivity contribution in [2.24, 2.45) is 0 Å². The van der Waals surface area contributed by atoms with E-state index in [0.717, 1.165) is 19.4 Å². The molecule has 1 aromatic heterocycles. The van der Waals surface area contributed by atoms with Crippen molar-refractivity contribution < 1.29 is 17.5 Å². The van der Waals surface area contributed by atoms with Crippen LogP contribution < -0.4 is 15.4 Å². The van der Waals surface area contributed by atoms with Crippen LogP contribution in [0.2, 0.25) is 0 Å². The van der Waals surface area contributed by atoms with Crippen LogP contribution in [0.1, 0.15) is 24.8 Å². The summed E-state index contributed by atoms with van der Waals surface area (Å²) in [5.74, 6) is 0. The molecule has 2 aromatic carbocycles. The van der Waals surface area contributed by atoms with E-state index in [1.807, 2.05) is 0 Å². The van der Waals surface area contributed by atoms with Crippen LogP contribution >= 0.6 is 11.3 Å². The van der Waals surface area contributed by atoms with Crippen LogP contribution in [0.25, 0.3) is 10.2 Å². The van der Waals surface area contributed by atoms with Gasteiger partial charge in [-0.1, -0.05) is 30.4 Å². The summed E-state index contributed by atoms with van der Waals surface area (Å²) in [6.07, 6.45) is 1.89. The van der Waals surface area contributed by atoms with E-state index in [9.17, 15) is 13.0 Å². The van der Waals surface area contributed by atoms with Crippen molar-refractivity contribution in [3.63, 3.8) is 0 Å². The molecule has 2 N–H and O–H groups in total. The molecule has 3 rings (SSSR count). The average molecular weight is 406 g/mol. The highest BCUT2D eigenvalue weighted by Crippen LogP contribution is 2.19. The summed E-state index contributed by atoms with van der Waals surface area (Å²) >= 11 is 1.80. The van der Waals surface area contributed by atoms with E-state index < -0.39 is 10.1 Å². The minimum atomic E-state index is -4.41. The number of nitrogens with one attached hydrogen (secondary N) is 2. The lowest BCUT2D eigenvalue weighted by atomic mass is 10.1. The van der Waals surface area contributed by atoms with Gasteiger partial charge in [-0.2, -0.15) is 4.57 Å². The number of para-hydroxylation sites is 1. The summed E-state index contributed by atoms with van der Waals surface area (Å²) in [5, 5.41) is 1.29. The molecular weight excluding hydrogens is 382 g/mol. The van der Waals surface area contributed by atoms with Crippen LogP contribution in [-0.2, 0) is 16.7 Å². The molecule has 0 aliphatic carbocycles. The Labute approximate surface area is 163 Å². The molecule has 1 unspecified atom stereocenters. The third kappa shape index (κ3) is 4.84. The van der Waals surface area contributed by atoms with E-state index >= 15 is 0 Å². The first-order valence-electron chi connectivity index (χ1n) is 8.84. The summed E-state index contributed by atoms with van der Waals surface area (Å²) in [7, 11) is -4.41. The van der Waals surface area contributed by atoms with Crippen molar-refractivity contribution in [3.8, 4) is 0 Å². The Balaban J connectivity index is 1.60. The summed E-state index contributed by atoms with van der Waals surface area (Å²) in [4.78, 5) is -0.226. The van der Waals surface area contributed by atoms with Gasteiger partial charge in [0.25, 0.3) is 0 Å². The molecular formula is C19H23N3O3S2. The lowest BCUT2D eigenvalue weighted by Gasteiger charge is -2.17. The van der Waals surface area contributed by atoms with Gasteiger partial charge in [0.05, 0.1) is 4.90 Å². The number of anilines is 1. The number of benzene rings is 2. The Kier molecular flexibility index (Phi) is 6.11. The molecule has 27 heavy (non-hydrogen) atoms. The Hall–Kier alpha value is -2.00. The molecule has 144 valence electrons. The van der Waals surface area contributed by atoms with Crippen LogP contribution in [-0.4, -0.2) is 19.0 Å². The summed E-state index contributed by atoms with van der Waals surface area (Å²) < 4.78 is 36.6. The van der Waals surface area contributed by atoms with Gasteiger partial charge in [-0.15, -0.1) is 0 Å². The number of hydrazine groups is 1. The van der Waals surface area contributed by atoms with Gasteiger partial charge in [0, 0.05) is 31.1 Å². The minimum absolute atomic E-state index is 0.226. The van der Waals surface area contributed by atoms with Crippen molar-refractivity contribution >= 4 is 37.4 Å². The molecule has 1 heterocycles. The SMILES string of the molecule is CCC(CC[n+]1c(C)sc2ccccc21)NNc1ccc(S(=O)(=O)[O-])cc1. The van der Waals surface area contributed by atoms with Crippen molar-refractivity contribution in [1.29, 1.82) is 0 Å². The van der Waals surface area contributed by atoms with Crippen LogP contribution in [0.4, 0.5) is 5.69 Å². The third-order valence-corrected chi connectivity index (χ3v) is 6.48. The highest BCUT2D eigenvalue weighted by Gasteiger charge is 2.18. The van der Waals surface area contributed by atoms with Gasteiger partial charge in [0.1, 0.15) is 14.8 Å². The second kappa shape index (κ2) is 8.35. The molecule has 1 atom stereocenters. The zero-order valence-electron chi connectivity index (χ0n) is 15.3. The number of hydrogen-bond donors (Lipinski definition) is 2. The predicted octanol–water partition coefficient (Wildman–Crippen LogP) is 3.19. The molecule has 0 aliphatic heterocycles. The van der Waals surface area contributed by atoms with E-state index in [1.54, 1.807) is 23.5 Å². The minimum Gasteiger partial charge on any atom is -0.744 e. The van der Waals surface area contributed by atoms with Gasteiger partial charge < -0.3 is 9.98 Å². The molecule has 0 saturated carbocycles. The quantitative estimate of drug-likeness (QED) is 0.342. The Morgan fingerprint density at radius 3 is 2.52 bits per heavy atom. The summed E-state index contributed by atoms with van der Waals surface area (Å²) in [6, 6.07) is 14.4. The normalized spacial score (nSPS) is 13.0. The zero-order chi connectivity index (χ0) is 19.4. The number of aryl methyl sites for hydroxylation is 2. The first-order chi connectivity index (χ1) is 12.9. The largest absolute Gasteiger partial charge is 0.744 e. The van der Waals surface area contributed by atoms with Gasteiger partial charge >= 0.3 is 0 Å². The Morgan fingerprint density at radius 1 is 1.15 bits per heavy atom. The number of thiazole rings is 1. The van der Waals surface area contributed by atoms with E-state index in [4.69, 9.17) is 0 Å². The number of aromatic nitrogens is 1. The Morgan fingerprint density at radius 2 is 1.85 bits per heavy atom. The van der Waals surface area contributed by atoms with E-state index in [1.165, 1.54) is 27.4 Å². The molecule has 0 bridgehead atoms. The summed E-state index contributed by atoms with van der Waals surface area (Å²) in [5.41, 5.74) is 8.36. The number of nitrogens with zero attached hydrogens (tertiary/aromatic N) is 1. The maximum Gasteiger partial charge on any atom is 0.235 e. The smallest absolute Gasteiger partial charge is 0.235 e. The van der Waals surface area contributed by atoms with E-state index in [0.29, 0.717) is 5.69 Å². The fraction of sp³-hybridized carbons (Fsp3) is 0.316. The van der Waals surface area contributed by atoms with Gasteiger partial charge in [-0.25, -0.2) is 13.8 Å². The zero-order valence-corrected chi connectivity index (χ0v) is 16.9. The predicted molar refractivity (Wildman–Crippen MR) is 107 cm³/mol. The van der Waals surface area contributed by atoms with Crippen molar-refractivity contribution in [1.82, 2.24) is 5.43 Å². The second-order valence-corrected chi connectivity index (χ2v) is 9.00. The number of rotatable bonds is 8. The first-order valence-corrected chi connectivity index (χ1v) is 11.1. The van der Waals surface area contributed by atoms with Crippen molar-refractivity contribution in [2.75, 3.05) is 5.43 Å². The molecule has 3 aromatic rings. The van der Waals surface area contributed by atoms with Gasteiger partial charge in [-0.3, -0.25) is 0 Å². The molecule has 0 saturated heterocycles. The van der Waals surface area contributed by atoms with Crippen molar-refractivity contribution in [3.05, 3.63) is 53.5 Å². The van der Waals surface area contributed by atoms with E-state index in [-0.39, 0.29) is 10.9 Å².